The number of hydrogen-bond acceptors (Lipinski definition) is 3. The van der Waals surface area contributed by atoms with Gasteiger partial charge < -0.3 is 11.1 Å². The number of nitrogen functional groups attached to an aromatic ring is 1. The number of anilines is 2. The Balaban J connectivity index is 1.88. The van der Waals surface area contributed by atoms with Crippen LogP contribution in [0.25, 0.3) is 0 Å². The van der Waals surface area contributed by atoms with E-state index in [2.05, 4.69) is 17.1 Å². The molecule has 1 aromatic carbocycles. The molecular weight excluding hydrogens is 217 g/mol. The van der Waals surface area contributed by atoms with E-state index in [-0.39, 0.29) is 5.82 Å². The van der Waals surface area contributed by atoms with Crippen LogP contribution in [0.1, 0.15) is 19.8 Å². The van der Waals surface area contributed by atoms with Crippen molar-refractivity contribution in [3.63, 3.8) is 0 Å². The maximum Gasteiger partial charge on any atom is 0.148 e. The Bertz CT molecular complexity index is 375. The summed E-state index contributed by atoms with van der Waals surface area (Å²) < 4.78 is 13.5. The highest BCUT2D eigenvalue weighted by atomic mass is 19.1. The van der Waals surface area contributed by atoms with E-state index in [4.69, 9.17) is 5.73 Å². The van der Waals surface area contributed by atoms with E-state index in [0.717, 1.165) is 19.6 Å². The highest BCUT2D eigenvalue weighted by Crippen LogP contribution is 2.18. The molecule has 1 aliphatic rings. The van der Waals surface area contributed by atoms with E-state index in [1.807, 2.05) is 0 Å². The molecule has 17 heavy (non-hydrogen) atoms. The molecule has 1 aliphatic heterocycles. The lowest BCUT2D eigenvalue weighted by Crippen LogP contribution is -2.35. The van der Waals surface area contributed by atoms with Crippen LogP contribution in [0.15, 0.2) is 18.2 Å². The van der Waals surface area contributed by atoms with Crippen molar-refractivity contribution in [2.75, 3.05) is 30.7 Å². The Morgan fingerprint density at radius 1 is 1.41 bits per heavy atom. The van der Waals surface area contributed by atoms with Gasteiger partial charge in [0.15, 0.2) is 0 Å². The van der Waals surface area contributed by atoms with Gasteiger partial charge in [-0.25, -0.2) is 4.39 Å². The zero-order valence-corrected chi connectivity index (χ0v) is 10.2. The molecule has 1 atom stereocenters. The number of likely N-dealkylation sites (tertiary alicyclic amines) is 1. The van der Waals surface area contributed by atoms with Crippen molar-refractivity contribution < 1.29 is 4.39 Å². The maximum absolute atomic E-state index is 13.5. The molecule has 94 valence electrons. The molecule has 0 bridgehead atoms. The van der Waals surface area contributed by atoms with Gasteiger partial charge in [0, 0.05) is 18.3 Å². The van der Waals surface area contributed by atoms with E-state index in [1.54, 1.807) is 12.1 Å². The van der Waals surface area contributed by atoms with Crippen LogP contribution in [0.5, 0.6) is 0 Å². The number of nitrogens with two attached hydrogens (primary N) is 1. The maximum atomic E-state index is 13.5. The monoisotopic (exact) mass is 237 g/mol. The zero-order valence-electron chi connectivity index (χ0n) is 10.2. The molecule has 1 unspecified atom stereocenters. The summed E-state index contributed by atoms with van der Waals surface area (Å²) in [6.07, 6.45) is 2.56. The molecule has 0 spiro atoms. The van der Waals surface area contributed by atoms with Crippen LogP contribution in [-0.4, -0.2) is 30.6 Å². The SMILES string of the molecule is CC(CNc1ccc(N)cc1F)N1CCCC1. The standard InChI is InChI=1S/C13H20FN3/c1-10(17-6-2-3-7-17)9-16-13-5-4-11(15)8-12(13)14/h4-5,8,10,16H,2-3,6-7,9,15H2,1H3. The Hall–Kier alpha value is -1.29. The summed E-state index contributed by atoms with van der Waals surface area (Å²) in [6.45, 7) is 5.26. The normalized spacial score (nSPS) is 18.2. The van der Waals surface area contributed by atoms with Crippen LogP contribution in [0.3, 0.4) is 0 Å². The van der Waals surface area contributed by atoms with Gasteiger partial charge in [0.05, 0.1) is 5.69 Å². The molecule has 0 saturated carbocycles. The van der Waals surface area contributed by atoms with Crippen LogP contribution in [-0.2, 0) is 0 Å². The molecule has 0 aliphatic carbocycles. The highest BCUT2D eigenvalue weighted by Gasteiger charge is 2.17. The quantitative estimate of drug-likeness (QED) is 0.790. The molecule has 2 rings (SSSR count). The van der Waals surface area contributed by atoms with Gasteiger partial charge >= 0.3 is 0 Å². The first-order valence-electron chi connectivity index (χ1n) is 6.20. The van der Waals surface area contributed by atoms with Crippen molar-refractivity contribution >= 4 is 11.4 Å². The van der Waals surface area contributed by atoms with Gasteiger partial charge in [-0.1, -0.05) is 0 Å². The van der Waals surface area contributed by atoms with Gasteiger partial charge in [0.1, 0.15) is 5.82 Å². The predicted molar refractivity (Wildman–Crippen MR) is 69.6 cm³/mol. The molecule has 0 radical (unpaired) electrons. The zero-order chi connectivity index (χ0) is 12.3. The van der Waals surface area contributed by atoms with E-state index in [0.29, 0.717) is 17.4 Å². The van der Waals surface area contributed by atoms with Gasteiger partial charge in [-0.3, -0.25) is 4.90 Å². The Morgan fingerprint density at radius 3 is 2.76 bits per heavy atom. The molecule has 3 nitrogen and oxygen atoms in total. The first-order valence-corrected chi connectivity index (χ1v) is 6.20. The number of benzene rings is 1. The number of halogens is 1. The lowest BCUT2D eigenvalue weighted by atomic mass is 10.2. The second-order valence-electron chi connectivity index (χ2n) is 4.71. The largest absolute Gasteiger partial charge is 0.399 e. The van der Waals surface area contributed by atoms with Gasteiger partial charge in [-0.15, -0.1) is 0 Å². The summed E-state index contributed by atoms with van der Waals surface area (Å²) in [7, 11) is 0. The summed E-state index contributed by atoms with van der Waals surface area (Å²) in [5.74, 6) is -0.279. The van der Waals surface area contributed by atoms with E-state index < -0.39 is 0 Å². The van der Waals surface area contributed by atoms with Crippen LogP contribution in [0.2, 0.25) is 0 Å². The highest BCUT2D eigenvalue weighted by molar-refractivity contribution is 5.52. The molecule has 4 heteroatoms. The molecule has 1 saturated heterocycles. The second-order valence-corrected chi connectivity index (χ2v) is 4.71. The molecular formula is C13H20FN3. The minimum atomic E-state index is -0.279. The van der Waals surface area contributed by atoms with Gasteiger partial charge in [-0.05, 0) is 51.1 Å². The summed E-state index contributed by atoms with van der Waals surface area (Å²) in [5.41, 5.74) is 6.50. The molecule has 0 aromatic heterocycles. The second kappa shape index (κ2) is 5.36. The minimum Gasteiger partial charge on any atom is -0.399 e. The van der Waals surface area contributed by atoms with E-state index in [1.165, 1.54) is 18.9 Å². The van der Waals surface area contributed by atoms with Crippen LogP contribution < -0.4 is 11.1 Å². The summed E-state index contributed by atoms with van der Waals surface area (Å²) in [4.78, 5) is 2.43. The van der Waals surface area contributed by atoms with E-state index >= 15 is 0 Å². The fraction of sp³-hybridized carbons (Fsp3) is 0.538. The number of rotatable bonds is 4. The summed E-state index contributed by atoms with van der Waals surface area (Å²) >= 11 is 0. The number of nitrogens with one attached hydrogen (secondary N) is 1. The predicted octanol–water partition coefficient (Wildman–Crippen LogP) is 2.30. The molecule has 1 aromatic rings. The van der Waals surface area contributed by atoms with Gasteiger partial charge in [0.25, 0.3) is 0 Å². The average Bonchev–Trinajstić information content (AvgIpc) is 2.81. The molecule has 0 amide bonds. The first kappa shape index (κ1) is 12.2. The third-order valence-corrected chi connectivity index (χ3v) is 3.35. The third-order valence-electron chi connectivity index (χ3n) is 3.35. The van der Waals surface area contributed by atoms with Crippen molar-refractivity contribution in [3.05, 3.63) is 24.0 Å². The van der Waals surface area contributed by atoms with Crippen LogP contribution in [0.4, 0.5) is 15.8 Å². The smallest absolute Gasteiger partial charge is 0.148 e. The fourth-order valence-corrected chi connectivity index (χ4v) is 2.24. The lowest BCUT2D eigenvalue weighted by molar-refractivity contribution is 0.269. The van der Waals surface area contributed by atoms with Crippen molar-refractivity contribution in [2.45, 2.75) is 25.8 Å². The van der Waals surface area contributed by atoms with Crippen LogP contribution in [0, 0.1) is 5.82 Å². The Labute approximate surface area is 102 Å². The lowest BCUT2D eigenvalue weighted by Gasteiger charge is -2.24. The van der Waals surface area contributed by atoms with Crippen molar-refractivity contribution in [2.24, 2.45) is 0 Å². The summed E-state index contributed by atoms with van der Waals surface area (Å²) in [6, 6.07) is 5.20. The van der Waals surface area contributed by atoms with Crippen molar-refractivity contribution in [3.8, 4) is 0 Å². The first-order chi connectivity index (χ1) is 8.16. The molecule has 1 heterocycles. The Kier molecular flexibility index (Phi) is 3.84. The van der Waals surface area contributed by atoms with Gasteiger partial charge in [0.2, 0.25) is 0 Å². The summed E-state index contributed by atoms with van der Waals surface area (Å²) in [5, 5.41) is 3.14. The number of nitrogens with zero attached hydrogens (tertiary/aromatic N) is 1. The van der Waals surface area contributed by atoms with Crippen molar-refractivity contribution in [1.82, 2.24) is 4.90 Å². The Morgan fingerprint density at radius 2 is 2.12 bits per heavy atom. The molecule has 1 fully saturated rings. The minimum absolute atomic E-state index is 0.279. The van der Waals surface area contributed by atoms with Crippen LogP contribution >= 0.6 is 0 Å². The average molecular weight is 237 g/mol. The molecule has 3 N–H and O–H groups in total. The van der Waals surface area contributed by atoms with Crippen molar-refractivity contribution in [1.29, 1.82) is 0 Å². The fourth-order valence-electron chi connectivity index (χ4n) is 2.24. The van der Waals surface area contributed by atoms with E-state index in [9.17, 15) is 4.39 Å². The third kappa shape index (κ3) is 3.09. The number of hydrogen-bond donors (Lipinski definition) is 2. The topological polar surface area (TPSA) is 41.3 Å². The van der Waals surface area contributed by atoms with Gasteiger partial charge in [-0.2, -0.15) is 0 Å².